The van der Waals surface area contributed by atoms with Gasteiger partial charge < -0.3 is 9.47 Å². The molecule has 4 nitrogen and oxygen atoms in total. The molecule has 152 valence electrons. The molecule has 0 heterocycles. The van der Waals surface area contributed by atoms with Crippen LogP contribution in [-0.2, 0) is 4.79 Å². The Kier molecular flexibility index (Phi) is 5.66. The summed E-state index contributed by atoms with van der Waals surface area (Å²) in [5.41, 5.74) is 1.46. The van der Waals surface area contributed by atoms with Crippen LogP contribution in [0.4, 0.5) is 0 Å². The number of carbonyl (C=O) groups excluding carboxylic acids is 2. The smallest absolute Gasteiger partial charge is 0.343 e. The monoisotopic (exact) mass is 400 g/mol. The summed E-state index contributed by atoms with van der Waals surface area (Å²) in [4.78, 5) is 25.5. The molecule has 0 saturated carbocycles. The number of esters is 2. The Bertz CT molecular complexity index is 1120. The highest BCUT2D eigenvalue weighted by Gasteiger charge is 2.27. The fourth-order valence-electron chi connectivity index (χ4n) is 3.87. The van der Waals surface area contributed by atoms with Crippen LogP contribution >= 0.6 is 0 Å². The lowest BCUT2D eigenvalue weighted by Crippen LogP contribution is -2.27. The van der Waals surface area contributed by atoms with Crippen LogP contribution in [-0.4, -0.2) is 11.9 Å². The van der Waals surface area contributed by atoms with Crippen molar-refractivity contribution < 1.29 is 19.1 Å². The Labute approximate surface area is 176 Å². The zero-order chi connectivity index (χ0) is 21.1. The molecule has 2 unspecified atom stereocenters. The van der Waals surface area contributed by atoms with Crippen LogP contribution in [0.1, 0.15) is 35.7 Å². The lowest BCUT2D eigenvalue weighted by atomic mass is 9.85. The maximum atomic E-state index is 12.9. The molecule has 0 amide bonds. The van der Waals surface area contributed by atoms with Crippen molar-refractivity contribution in [3.63, 3.8) is 0 Å². The maximum absolute atomic E-state index is 12.9. The summed E-state index contributed by atoms with van der Waals surface area (Å²) in [5.74, 6) is 0.0514. The maximum Gasteiger partial charge on any atom is 0.343 e. The van der Waals surface area contributed by atoms with Crippen LogP contribution in [0.2, 0.25) is 0 Å². The van der Waals surface area contributed by atoms with Gasteiger partial charge in [0.25, 0.3) is 0 Å². The van der Waals surface area contributed by atoms with Gasteiger partial charge in [-0.25, -0.2) is 4.79 Å². The summed E-state index contributed by atoms with van der Waals surface area (Å²) in [6, 6.07) is 18.2. The molecule has 0 spiro atoms. The molecule has 3 aromatic carbocycles. The van der Waals surface area contributed by atoms with E-state index in [1.165, 1.54) is 0 Å². The van der Waals surface area contributed by atoms with E-state index in [-0.39, 0.29) is 17.8 Å². The fraction of sp³-hybridized carbons (Fsp3) is 0.231. The van der Waals surface area contributed by atoms with E-state index >= 15 is 0 Å². The molecule has 3 aromatic rings. The Morgan fingerprint density at radius 1 is 0.933 bits per heavy atom. The first-order valence-corrected chi connectivity index (χ1v) is 10.2. The standard InChI is InChI=1S/C26H24O4/c1-17-8-5-12-20(16-17)25(27)29-22-14-6-10-19-11-7-15-23(24(19)22)30-26(28)21-13-4-3-9-18(21)2/h3,5-12,14-16,18,21H,4,13H2,1-2H3. The van der Waals surface area contributed by atoms with Crippen molar-refractivity contribution >= 4 is 22.7 Å². The largest absolute Gasteiger partial charge is 0.425 e. The highest BCUT2D eigenvalue weighted by atomic mass is 16.5. The summed E-state index contributed by atoms with van der Waals surface area (Å²) in [6.07, 6.45) is 5.82. The minimum atomic E-state index is -0.446. The summed E-state index contributed by atoms with van der Waals surface area (Å²) in [7, 11) is 0. The van der Waals surface area contributed by atoms with Gasteiger partial charge in [-0.15, -0.1) is 0 Å². The SMILES string of the molecule is Cc1cccc(C(=O)Oc2cccc3cccc(OC(=O)C4CCC=CC4C)c23)c1. The van der Waals surface area contributed by atoms with E-state index in [4.69, 9.17) is 9.47 Å². The van der Waals surface area contributed by atoms with E-state index in [2.05, 4.69) is 12.2 Å². The van der Waals surface area contributed by atoms with Gasteiger partial charge in [0.1, 0.15) is 11.5 Å². The third-order valence-corrected chi connectivity index (χ3v) is 5.52. The second-order valence-corrected chi connectivity index (χ2v) is 7.76. The van der Waals surface area contributed by atoms with Crippen molar-refractivity contribution in [2.24, 2.45) is 11.8 Å². The molecule has 0 fully saturated rings. The average Bonchev–Trinajstić information content (AvgIpc) is 2.74. The highest BCUT2D eigenvalue weighted by Crippen LogP contribution is 2.36. The normalized spacial score (nSPS) is 18.2. The van der Waals surface area contributed by atoms with Gasteiger partial charge in [-0.2, -0.15) is 0 Å². The summed E-state index contributed by atoms with van der Waals surface area (Å²) < 4.78 is 11.5. The number of hydrogen-bond donors (Lipinski definition) is 0. The highest BCUT2D eigenvalue weighted by molar-refractivity contribution is 5.99. The quantitative estimate of drug-likeness (QED) is 0.312. The second-order valence-electron chi connectivity index (χ2n) is 7.76. The average molecular weight is 400 g/mol. The van der Waals surface area contributed by atoms with Gasteiger partial charge in [-0.1, -0.05) is 61.0 Å². The van der Waals surface area contributed by atoms with Crippen LogP contribution < -0.4 is 9.47 Å². The van der Waals surface area contributed by atoms with Crippen molar-refractivity contribution in [1.82, 2.24) is 0 Å². The van der Waals surface area contributed by atoms with Gasteiger partial charge in [-0.3, -0.25) is 4.79 Å². The second kappa shape index (κ2) is 8.54. The first-order valence-electron chi connectivity index (χ1n) is 10.2. The topological polar surface area (TPSA) is 52.6 Å². The zero-order valence-corrected chi connectivity index (χ0v) is 17.1. The molecular formula is C26H24O4. The molecule has 0 aliphatic heterocycles. The third-order valence-electron chi connectivity index (χ3n) is 5.52. The van der Waals surface area contributed by atoms with Crippen LogP contribution in [0.3, 0.4) is 0 Å². The number of benzene rings is 3. The van der Waals surface area contributed by atoms with Gasteiger partial charge in [0, 0.05) is 0 Å². The van der Waals surface area contributed by atoms with E-state index in [9.17, 15) is 9.59 Å². The molecule has 0 saturated heterocycles. The first kappa shape index (κ1) is 19.9. The van der Waals surface area contributed by atoms with E-state index in [1.807, 2.05) is 50.2 Å². The number of rotatable bonds is 4. The molecule has 2 atom stereocenters. The lowest BCUT2D eigenvalue weighted by molar-refractivity contribution is -0.140. The molecular weight excluding hydrogens is 376 g/mol. The van der Waals surface area contributed by atoms with Crippen molar-refractivity contribution in [3.8, 4) is 11.5 Å². The molecule has 0 aromatic heterocycles. The van der Waals surface area contributed by atoms with Crippen molar-refractivity contribution in [1.29, 1.82) is 0 Å². The van der Waals surface area contributed by atoms with Gasteiger partial charge in [0.05, 0.1) is 16.9 Å². The van der Waals surface area contributed by atoms with Crippen molar-refractivity contribution in [2.45, 2.75) is 26.7 Å². The lowest BCUT2D eigenvalue weighted by Gasteiger charge is -2.23. The number of allylic oxidation sites excluding steroid dienone is 2. The van der Waals surface area contributed by atoms with Gasteiger partial charge in [0.15, 0.2) is 0 Å². The van der Waals surface area contributed by atoms with Gasteiger partial charge >= 0.3 is 11.9 Å². The first-order chi connectivity index (χ1) is 14.5. The summed E-state index contributed by atoms with van der Waals surface area (Å²) in [6.45, 7) is 3.95. The molecule has 4 heteroatoms. The number of aryl methyl sites for hydroxylation is 1. The number of ether oxygens (including phenoxy) is 2. The van der Waals surface area contributed by atoms with Crippen LogP contribution in [0.25, 0.3) is 10.8 Å². The van der Waals surface area contributed by atoms with Crippen molar-refractivity contribution in [3.05, 3.63) is 83.9 Å². The summed E-state index contributed by atoms with van der Waals surface area (Å²) in [5, 5.41) is 1.46. The minimum absolute atomic E-state index is 0.139. The van der Waals surface area contributed by atoms with E-state index in [0.29, 0.717) is 22.4 Å². The molecule has 1 aliphatic rings. The van der Waals surface area contributed by atoms with Crippen LogP contribution in [0.5, 0.6) is 11.5 Å². The fourth-order valence-corrected chi connectivity index (χ4v) is 3.87. The Hall–Kier alpha value is -3.40. The van der Waals surface area contributed by atoms with Crippen LogP contribution in [0, 0.1) is 18.8 Å². The molecule has 0 bridgehead atoms. The third kappa shape index (κ3) is 4.13. The summed E-state index contributed by atoms with van der Waals surface area (Å²) >= 11 is 0. The zero-order valence-electron chi connectivity index (χ0n) is 17.1. The van der Waals surface area contributed by atoms with E-state index in [0.717, 1.165) is 23.8 Å². The van der Waals surface area contributed by atoms with E-state index in [1.54, 1.807) is 24.3 Å². The molecule has 0 radical (unpaired) electrons. The Morgan fingerprint density at radius 2 is 1.63 bits per heavy atom. The molecule has 30 heavy (non-hydrogen) atoms. The number of hydrogen-bond acceptors (Lipinski definition) is 4. The number of fused-ring (bicyclic) bond motifs is 1. The van der Waals surface area contributed by atoms with Gasteiger partial charge in [0.2, 0.25) is 0 Å². The van der Waals surface area contributed by atoms with Gasteiger partial charge in [-0.05, 0) is 55.3 Å². The predicted molar refractivity (Wildman–Crippen MR) is 117 cm³/mol. The Balaban J connectivity index is 1.66. The molecule has 0 N–H and O–H groups in total. The molecule has 4 rings (SSSR count). The Morgan fingerprint density at radius 3 is 2.33 bits per heavy atom. The number of carbonyl (C=O) groups is 2. The minimum Gasteiger partial charge on any atom is -0.425 e. The molecule has 1 aliphatic carbocycles. The van der Waals surface area contributed by atoms with Crippen LogP contribution in [0.15, 0.2) is 72.8 Å². The predicted octanol–water partition coefficient (Wildman–Crippen LogP) is 5.88. The van der Waals surface area contributed by atoms with Crippen molar-refractivity contribution in [2.75, 3.05) is 0 Å². The van der Waals surface area contributed by atoms with E-state index < -0.39 is 5.97 Å².